The van der Waals surface area contributed by atoms with Crippen LogP contribution in [-0.2, 0) is 16.4 Å². The summed E-state index contributed by atoms with van der Waals surface area (Å²) in [5.74, 6) is 0. The minimum atomic E-state index is -3.60. The largest absolute Gasteiger partial charge is 0.302 e. The van der Waals surface area contributed by atoms with Gasteiger partial charge in [0.15, 0.2) is 0 Å². The van der Waals surface area contributed by atoms with E-state index in [0.717, 1.165) is 5.56 Å². The molecule has 0 radical (unpaired) electrons. The highest BCUT2D eigenvalue weighted by molar-refractivity contribution is 7.89. The summed E-state index contributed by atoms with van der Waals surface area (Å²) in [6.07, 6.45) is 0.666. The van der Waals surface area contributed by atoms with E-state index in [0.29, 0.717) is 11.3 Å². The third-order valence-corrected chi connectivity index (χ3v) is 7.43. The maximum absolute atomic E-state index is 13.0. The fourth-order valence-corrected chi connectivity index (χ4v) is 5.63. The summed E-state index contributed by atoms with van der Waals surface area (Å²) < 4.78 is 29.0. The predicted molar refractivity (Wildman–Crippen MR) is 121 cm³/mol. The molecule has 3 aromatic rings. The van der Waals surface area contributed by atoms with Crippen molar-refractivity contribution in [3.8, 4) is 0 Å². The first-order valence-corrected chi connectivity index (χ1v) is 11.8. The molecule has 0 spiro atoms. The van der Waals surface area contributed by atoms with Gasteiger partial charge in [-0.3, -0.25) is 0 Å². The van der Waals surface area contributed by atoms with Crippen LogP contribution in [0.25, 0.3) is 0 Å². The second kappa shape index (κ2) is 8.34. The number of hydrogen-bond donors (Lipinski definition) is 2. The molecule has 0 bridgehead atoms. The normalized spacial score (nSPS) is 19.4. The molecule has 2 N–H and O–H groups in total. The van der Waals surface area contributed by atoms with Crippen LogP contribution >= 0.6 is 0 Å². The number of sulfonamides is 1. The lowest BCUT2D eigenvalue weighted by Crippen LogP contribution is -2.43. The van der Waals surface area contributed by atoms with Crippen molar-refractivity contribution >= 4 is 10.0 Å². The summed E-state index contributed by atoms with van der Waals surface area (Å²) in [7, 11) is -3.60. The molecule has 4 nitrogen and oxygen atoms in total. The van der Waals surface area contributed by atoms with Gasteiger partial charge in [0.1, 0.15) is 0 Å². The Balaban J connectivity index is 1.63. The van der Waals surface area contributed by atoms with Crippen LogP contribution in [-0.4, -0.2) is 14.5 Å². The molecule has 3 atom stereocenters. The molecule has 0 aliphatic heterocycles. The highest BCUT2D eigenvalue weighted by Gasteiger charge is 2.36. The molecule has 0 saturated heterocycles. The number of rotatable bonds is 6. The predicted octanol–water partition coefficient (Wildman–Crippen LogP) is 4.60. The summed E-state index contributed by atoms with van der Waals surface area (Å²) >= 11 is 0. The van der Waals surface area contributed by atoms with E-state index in [-0.39, 0.29) is 18.1 Å². The van der Waals surface area contributed by atoms with Gasteiger partial charge in [-0.15, -0.1) is 0 Å². The van der Waals surface area contributed by atoms with E-state index < -0.39 is 10.0 Å². The van der Waals surface area contributed by atoms with Crippen molar-refractivity contribution in [1.82, 2.24) is 10.0 Å². The molecule has 5 heteroatoms. The topological polar surface area (TPSA) is 58.2 Å². The highest BCUT2D eigenvalue weighted by Crippen LogP contribution is 2.34. The van der Waals surface area contributed by atoms with E-state index in [1.165, 1.54) is 22.3 Å². The van der Waals surface area contributed by atoms with Crippen LogP contribution in [0.15, 0.2) is 77.7 Å². The van der Waals surface area contributed by atoms with Crippen molar-refractivity contribution in [2.75, 3.05) is 0 Å². The molecule has 1 aliphatic rings. The average Bonchev–Trinajstić information content (AvgIpc) is 3.06. The molecule has 0 heterocycles. The first-order valence-electron chi connectivity index (χ1n) is 10.3. The van der Waals surface area contributed by atoms with E-state index in [2.05, 4.69) is 61.1 Å². The van der Waals surface area contributed by atoms with E-state index in [4.69, 9.17) is 0 Å². The fraction of sp³-hybridized carbons (Fsp3) is 0.280. The van der Waals surface area contributed by atoms with Crippen LogP contribution in [0.3, 0.4) is 0 Å². The van der Waals surface area contributed by atoms with Gasteiger partial charge in [0.05, 0.1) is 4.90 Å². The minimum Gasteiger partial charge on any atom is -0.302 e. The molecular formula is C25H28N2O2S. The molecule has 1 aliphatic carbocycles. The Bertz CT molecular complexity index is 1140. The van der Waals surface area contributed by atoms with E-state index in [1.54, 1.807) is 24.3 Å². The Morgan fingerprint density at radius 2 is 1.63 bits per heavy atom. The molecular weight excluding hydrogens is 392 g/mol. The van der Waals surface area contributed by atoms with E-state index in [9.17, 15) is 8.42 Å². The number of aryl methyl sites for hydroxylation is 2. The maximum Gasteiger partial charge on any atom is 0.240 e. The van der Waals surface area contributed by atoms with Gasteiger partial charge in [0.2, 0.25) is 10.0 Å². The van der Waals surface area contributed by atoms with Crippen LogP contribution < -0.4 is 10.0 Å². The Morgan fingerprint density at radius 3 is 2.40 bits per heavy atom. The molecule has 0 amide bonds. The lowest BCUT2D eigenvalue weighted by molar-refractivity contribution is 0.401. The van der Waals surface area contributed by atoms with Crippen LogP contribution in [0.2, 0.25) is 0 Å². The zero-order chi connectivity index (χ0) is 21.3. The van der Waals surface area contributed by atoms with Crippen molar-refractivity contribution in [1.29, 1.82) is 0 Å². The Kier molecular flexibility index (Phi) is 5.78. The van der Waals surface area contributed by atoms with Gasteiger partial charge in [0.25, 0.3) is 0 Å². The molecule has 0 fully saturated rings. The van der Waals surface area contributed by atoms with Crippen molar-refractivity contribution < 1.29 is 8.42 Å². The molecule has 4 rings (SSSR count). The van der Waals surface area contributed by atoms with Crippen molar-refractivity contribution in [3.63, 3.8) is 0 Å². The van der Waals surface area contributed by atoms with Gasteiger partial charge in [0, 0.05) is 18.1 Å². The van der Waals surface area contributed by atoms with Crippen LogP contribution in [0, 0.1) is 13.8 Å². The lowest BCUT2D eigenvalue weighted by Gasteiger charge is -2.28. The second-order valence-electron chi connectivity index (χ2n) is 8.17. The Morgan fingerprint density at radius 1 is 0.933 bits per heavy atom. The number of nitrogens with one attached hydrogen (secondary N) is 2. The smallest absolute Gasteiger partial charge is 0.240 e. The summed E-state index contributed by atoms with van der Waals surface area (Å²) in [5.41, 5.74) is 6.04. The number of fused-ring (bicyclic) bond motifs is 1. The lowest BCUT2D eigenvalue weighted by atomic mass is 9.98. The van der Waals surface area contributed by atoms with Gasteiger partial charge in [-0.1, -0.05) is 66.2 Å². The Labute approximate surface area is 179 Å². The van der Waals surface area contributed by atoms with Gasteiger partial charge in [-0.05, 0) is 61.6 Å². The molecule has 0 aromatic heterocycles. The number of hydrogen-bond acceptors (Lipinski definition) is 3. The minimum absolute atomic E-state index is 0.0878. The number of benzene rings is 3. The van der Waals surface area contributed by atoms with Crippen LogP contribution in [0.1, 0.15) is 46.8 Å². The van der Waals surface area contributed by atoms with Crippen molar-refractivity contribution in [2.24, 2.45) is 0 Å². The van der Waals surface area contributed by atoms with Crippen molar-refractivity contribution in [3.05, 3.63) is 101 Å². The monoisotopic (exact) mass is 420 g/mol. The summed E-state index contributed by atoms with van der Waals surface area (Å²) in [4.78, 5) is 0.294. The molecule has 0 saturated carbocycles. The first-order chi connectivity index (χ1) is 14.3. The molecule has 156 valence electrons. The third kappa shape index (κ3) is 4.19. The molecule has 0 unspecified atom stereocenters. The highest BCUT2D eigenvalue weighted by atomic mass is 32.2. The molecule has 3 aromatic carbocycles. The maximum atomic E-state index is 13.0. The van der Waals surface area contributed by atoms with Gasteiger partial charge >= 0.3 is 0 Å². The zero-order valence-corrected chi connectivity index (χ0v) is 18.4. The van der Waals surface area contributed by atoms with Gasteiger partial charge < -0.3 is 5.32 Å². The third-order valence-electron chi connectivity index (χ3n) is 5.92. The average molecular weight is 421 g/mol. The summed E-state index contributed by atoms with van der Waals surface area (Å²) in [6, 6.07) is 23.0. The quantitative estimate of drug-likeness (QED) is 0.613. The first kappa shape index (κ1) is 20.8. The molecule has 30 heavy (non-hydrogen) atoms. The Hall–Kier alpha value is -2.47. The van der Waals surface area contributed by atoms with Crippen molar-refractivity contribution in [2.45, 2.75) is 50.2 Å². The second-order valence-corrected chi connectivity index (χ2v) is 9.88. The summed E-state index contributed by atoms with van der Waals surface area (Å²) in [6.45, 7) is 6.36. The van der Waals surface area contributed by atoms with Gasteiger partial charge in [-0.2, -0.15) is 0 Å². The zero-order valence-electron chi connectivity index (χ0n) is 17.6. The van der Waals surface area contributed by atoms with Crippen LogP contribution in [0.4, 0.5) is 0 Å². The van der Waals surface area contributed by atoms with Crippen LogP contribution in [0.5, 0.6) is 0 Å². The van der Waals surface area contributed by atoms with Gasteiger partial charge in [-0.25, -0.2) is 13.1 Å². The standard InChI is InChI=1S/C25H28N2O2S/c1-17-13-14-18(2)23(15-17)19(3)26-25-22-12-8-7-9-20(22)16-24(25)27-30(28,29)21-10-5-4-6-11-21/h4-15,19,24-27H,16H2,1-3H3/t19-,24-,25-/m0/s1. The van der Waals surface area contributed by atoms with E-state index in [1.807, 2.05) is 18.2 Å². The van der Waals surface area contributed by atoms with E-state index >= 15 is 0 Å². The fourth-order valence-electron chi connectivity index (χ4n) is 4.36. The summed E-state index contributed by atoms with van der Waals surface area (Å²) in [5, 5.41) is 3.72. The SMILES string of the molecule is Cc1ccc(C)c([C@H](C)N[C@H]2c3ccccc3C[C@@H]2NS(=O)(=O)c2ccccc2)c1.